The smallest absolute Gasteiger partial charge is 0.262 e. The summed E-state index contributed by atoms with van der Waals surface area (Å²) in [6, 6.07) is 6.19. The van der Waals surface area contributed by atoms with Gasteiger partial charge in [0.15, 0.2) is 6.61 Å². The topological polar surface area (TPSA) is 64.1 Å². The average Bonchev–Trinajstić information content (AvgIpc) is 2.94. The van der Waals surface area contributed by atoms with E-state index in [0.717, 1.165) is 32.6 Å². The maximum atomic E-state index is 12.7. The van der Waals surface area contributed by atoms with Crippen LogP contribution < -0.4 is 10.1 Å². The monoisotopic (exact) mass is 397 g/mol. The molecule has 0 unspecified atom stereocenters. The van der Waals surface area contributed by atoms with Gasteiger partial charge in [-0.05, 0) is 42.4 Å². The van der Waals surface area contributed by atoms with Crippen LogP contribution in [0.5, 0.6) is 5.88 Å². The summed E-state index contributed by atoms with van der Waals surface area (Å²) in [5.74, 6) is 0.898. The number of carbonyl (C=O) groups excluding carboxylic acids is 1. The highest BCUT2D eigenvalue weighted by molar-refractivity contribution is 7.18. The molecule has 1 N–H and O–H groups in total. The molecular formula is C22H27N3O2S. The highest BCUT2D eigenvalue weighted by Crippen LogP contribution is 2.34. The Morgan fingerprint density at radius 3 is 2.36 bits per heavy atom. The Morgan fingerprint density at radius 2 is 1.75 bits per heavy atom. The molecule has 0 fully saturated rings. The molecular weight excluding hydrogens is 370 g/mol. The summed E-state index contributed by atoms with van der Waals surface area (Å²) in [4.78, 5) is 23.3. The molecule has 0 aliphatic rings. The Bertz CT molecular complexity index is 982. The van der Waals surface area contributed by atoms with Gasteiger partial charge in [-0.3, -0.25) is 4.79 Å². The lowest BCUT2D eigenvalue weighted by Gasteiger charge is -2.20. The van der Waals surface area contributed by atoms with Crippen LogP contribution in [0.1, 0.15) is 61.1 Å². The van der Waals surface area contributed by atoms with E-state index in [1.807, 2.05) is 6.92 Å². The lowest BCUT2D eigenvalue weighted by molar-refractivity contribution is -0.118. The largest absolute Gasteiger partial charge is 0.467 e. The Balaban J connectivity index is 1.81. The molecule has 0 radical (unpaired) electrons. The lowest BCUT2D eigenvalue weighted by atomic mass is 9.92. The standard InChI is InChI=1S/C22H27N3O2S/c1-12(2)16-8-7-9-17(13(3)4)20(16)25-18(26)10-27-21-19-14(5)15(6)28-22(19)24-11-23-21/h7-9,11-13H,10H2,1-6H3,(H,25,26). The molecule has 0 saturated heterocycles. The maximum Gasteiger partial charge on any atom is 0.262 e. The summed E-state index contributed by atoms with van der Waals surface area (Å²) in [6.45, 7) is 12.5. The first-order valence-electron chi connectivity index (χ1n) is 9.55. The minimum atomic E-state index is -0.189. The summed E-state index contributed by atoms with van der Waals surface area (Å²) < 4.78 is 5.79. The van der Waals surface area contributed by atoms with Crippen LogP contribution in [0.4, 0.5) is 5.69 Å². The van der Waals surface area contributed by atoms with Gasteiger partial charge in [0, 0.05) is 10.6 Å². The molecule has 1 aromatic carbocycles. The van der Waals surface area contributed by atoms with E-state index in [1.54, 1.807) is 11.3 Å². The quantitative estimate of drug-likeness (QED) is 0.590. The number of carbonyl (C=O) groups is 1. The molecule has 1 amide bonds. The molecule has 2 heterocycles. The number of fused-ring (bicyclic) bond motifs is 1. The number of hydrogen-bond acceptors (Lipinski definition) is 5. The Hall–Kier alpha value is -2.47. The van der Waals surface area contributed by atoms with Crippen molar-refractivity contribution in [2.24, 2.45) is 0 Å². The number of para-hydroxylation sites is 1. The van der Waals surface area contributed by atoms with Gasteiger partial charge in [-0.1, -0.05) is 45.9 Å². The fourth-order valence-electron chi connectivity index (χ4n) is 3.26. The van der Waals surface area contributed by atoms with Crippen LogP contribution in [0, 0.1) is 13.8 Å². The van der Waals surface area contributed by atoms with Crippen molar-refractivity contribution in [2.45, 2.75) is 53.4 Å². The number of thiophene rings is 1. The van der Waals surface area contributed by atoms with E-state index in [4.69, 9.17) is 4.74 Å². The molecule has 148 valence electrons. The molecule has 0 bridgehead atoms. The molecule has 0 aliphatic heterocycles. The van der Waals surface area contributed by atoms with Crippen LogP contribution in [0.25, 0.3) is 10.2 Å². The van der Waals surface area contributed by atoms with Crippen LogP contribution in [0.3, 0.4) is 0 Å². The van der Waals surface area contributed by atoms with Gasteiger partial charge in [0.05, 0.1) is 5.39 Å². The normalized spacial score (nSPS) is 11.4. The van der Waals surface area contributed by atoms with Crippen LogP contribution in [0.2, 0.25) is 0 Å². The van der Waals surface area contributed by atoms with Gasteiger partial charge in [0.25, 0.3) is 5.91 Å². The average molecular weight is 398 g/mol. The van der Waals surface area contributed by atoms with Crippen molar-refractivity contribution in [3.05, 3.63) is 46.1 Å². The molecule has 5 nitrogen and oxygen atoms in total. The van der Waals surface area contributed by atoms with E-state index in [1.165, 1.54) is 11.2 Å². The van der Waals surface area contributed by atoms with Crippen molar-refractivity contribution in [3.63, 3.8) is 0 Å². The Labute approximate surface area is 170 Å². The van der Waals surface area contributed by atoms with E-state index < -0.39 is 0 Å². The molecule has 3 rings (SSSR count). The number of hydrogen-bond donors (Lipinski definition) is 1. The third kappa shape index (κ3) is 4.02. The first kappa shape index (κ1) is 20.3. The van der Waals surface area contributed by atoms with E-state index in [9.17, 15) is 4.79 Å². The number of amides is 1. The SMILES string of the molecule is Cc1sc2ncnc(OCC(=O)Nc3c(C(C)C)cccc3C(C)C)c2c1C. The van der Waals surface area contributed by atoms with E-state index in [-0.39, 0.29) is 12.5 Å². The first-order chi connectivity index (χ1) is 13.3. The summed E-state index contributed by atoms with van der Waals surface area (Å²) in [6.07, 6.45) is 1.48. The Kier molecular flexibility index (Phi) is 5.98. The Morgan fingerprint density at radius 1 is 1.11 bits per heavy atom. The fraction of sp³-hybridized carbons (Fsp3) is 0.409. The minimum Gasteiger partial charge on any atom is -0.467 e. The van der Waals surface area contributed by atoms with Crippen molar-refractivity contribution >= 4 is 33.1 Å². The van der Waals surface area contributed by atoms with Crippen molar-refractivity contribution in [3.8, 4) is 5.88 Å². The minimum absolute atomic E-state index is 0.0928. The second-order valence-corrected chi connectivity index (χ2v) is 8.80. The van der Waals surface area contributed by atoms with Gasteiger partial charge >= 0.3 is 0 Å². The van der Waals surface area contributed by atoms with E-state index in [0.29, 0.717) is 17.7 Å². The zero-order valence-electron chi connectivity index (χ0n) is 17.3. The fourth-order valence-corrected chi connectivity index (χ4v) is 4.25. The zero-order chi connectivity index (χ0) is 20.4. The molecule has 3 aromatic rings. The van der Waals surface area contributed by atoms with Gasteiger partial charge in [-0.25, -0.2) is 9.97 Å². The van der Waals surface area contributed by atoms with E-state index in [2.05, 4.69) is 68.1 Å². The summed E-state index contributed by atoms with van der Waals surface area (Å²) in [7, 11) is 0. The van der Waals surface area contributed by atoms with Crippen molar-refractivity contribution in [2.75, 3.05) is 11.9 Å². The van der Waals surface area contributed by atoms with Gasteiger partial charge in [0.1, 0.15) is 11.2 Å². The number of nitrogens with one attached hydrogen (secondary N) is 1. The van der Waals surface area contributed by atoms with Gasteiger partial charge in [0.2, 0.25) is 5.88 Å². The molecule has 28 heavy (non-hydrogen) atoms. The second kappa shape index (κ2) is 8.27. The van der Waals surface area contributed by atoms with Crippen LogP contribution in [-0.4, -0.2) is 22.5 Å². The molecule has 0 saturated carbocycles. The number of anilines is 1. The van der Waals surface area contributed by atoms with Crippen LogP contribution in [0.15, 0.2) is 24.5 Å². The lowest BCUT2D eigenvalue weighted by Crippen LogP contribution is -2.22. The summed E-state index contributed by atoms with van der Waals surface area (Å²) in [5.41, 5.74) is 4.27. The molecule has 0 aliphatic carbocycles. The molecule has 2 aromatic heterocycles. The predicted molar refractivity (Wildman–Crippen MR) is 116 cm³/mol. The number of aryl methyl sites for hydroxylation is 2. The molecule has 6 heteroatoms. The van der Waals surface area contributed by atoms with Crippen molar-refractivity contribution < 1.29 is 9.53 Å². The number of benzene rings is 1. The molecule has 0 atom stereocenters. The summed E-state index contributed by atoms with van der Waals surface area (Å²) in [5, 5.41) is 3.97. The number of ether oxygens (including phenoxy) is 1. The second-order valence-electron chi connectivity index (χ2n) is 7.60. The van der Waals surface area contributed by atoms with E-state index >= 15 is 0 Å². The highest BCUT2D eigenvalue weighted by atomic mass is 32.1. The third-order valence-electron chi connectivity index (χ3n) is 4.91. The zero-order valence-corrected chi connectivity index (χ0v) is 18.1. The van der Waals surface area contributed by atoms with Crippen molar-refractivity contribution in [1.82, 2.24) is 9.97 Å². The number of nitrogens with zero attached hydrogens (tertiary/aromatic N) is 2. The van der Waals surface area contributed by atoms with Gasteiger partial charge in [-0.15, -0.1) is 11.3 Å². The van der Waals surface area contributed by atoms with Gasteiger partial charge in [-0.2, -0.15) is 0 Å². The first-order valence-corrected chi connectivity index (χ1v) is 10.4. The van der Waals surface area contributed by atoms with Crippen LogP contribution >= 0.6 is 11.3 Å². The third-order valence-corrected chi connectivity index (χ3v) is 6.02. The summed E-state index contributed by atoms with van der Waals surface area (Å²) >= 11 is 1.61. The van der Waals surface area contributed by atoms with Crippen molar-refractivity contribution in [1.29, 1.82) is 0 Å². The van der Waals surface area contributed by atoms with Gasteiger partial charge < -0.3 is 10.1 Å². The highest BCUT2D eigenvalue weighted by Gasteiger charge is 2.18. The maximum absolute atomic E-state index is 12.7. The predicted octanol–water partition coefficient (Wildman–Crippen LogP) is 5.57. The van der Waals surface area contributed by atoms with Crippen LogP contribution in [-0.2, 0) is 4.79 Å². The number of rotatable bonds is 6. The molecule has 0 spiro atoms. The number of aromatic nitrogens is 2.